The Morgan fingerprint density at radius 2 is 1.47 bits per heavy atom. The summed E-state index contributed by atoms with van der Waals surface area (Å²) in [7, 11) is 0. The monoisotopic (exact) mass is 271 g/mol. The van der Waals surface area contributed by atoms with E-state index in [1.165, 1.54) is 38.5 Å². The van der Waals surface area contributed by atoms with Crippen LogP contribution in [0.3, 0.4) is 0 Å². The van der Waals surface area contributed by atoms with Crippen molar-refractivity contribution in [3.05, 3.63) is 0 Å². The maximum absolute atomic E-state index is 11.4. The van der Waals surface area contributed by atoms with Gasteiger partial charge in [0.25, 0.3) is 0 Å². The molecule has 1 amide bonds. The molecule has 0 rings (SSSR count). The summed E-state index contributed by atoms with van der Waals surface area (Å²) in [6.07, 6.45) is 10.2. The molecular formula is C15H29NO3. The summed E-state index contributed by atoms with van der Waals surface area (Å²) in [6.45, 7) is 4.31. The molecule has 0 radical (unpaired) electrons. The van der Waals surface area contributed by atoms with Crippen molar-refractivity contribution in [1.29, 1.82) is 0 Å². The smallest absolute Gasteiger partial charge is 0.325 e. The van der Waals surface area contributed by atoms with Crippen molar-refractivity contribution >= 4 is 11.9 Å². The van der Waals surface area contributed by atoms with Crippen LogP contribution in [0.15, 0.2) is 0 Å². The van der Waals surface area contributed by atoms with Gasteiger partial charge in [-0.3, -0.25) is 9.59 Å². The summed E-state index contributed by atoms with van der Waals surface area (Å²) in [6, 6.07) is 0. The topological polar surface area (TPSA) is 55.4 Å². The number of nitrogens with one attached hydrogen (secondary N) is 1. The summed E-state index contributed by atoms with van der Waals surface area (Å²) in [5, 5.41) is 2.57. The average Bonchev–Trinajstić information content (AvgIpc) is 2.40. The molecule has 0 saturated heterocycles. The highest BCUT2D eigenvalue weighted by atomic mass is 16.5. The minimum absolute atomic E-state index is 0.0102. The van der Waals surface area contributed by atoms with E-state index >= 15 is 0 Å². The van der Waals surface area contributed by atoms with E-state index in [2.05, 4.69) is 12.2 Å². The van der Waals surface area contributed by atoms with Crippen LogP contribution in [0.25, 0.3) is 0 Å². The lowest BCUT2D eigenvalue weighted by molar-refractivity contribution is -0.143. The van der Waals surface area contributed by atoms with Crippen molar-refractivity contribution in [2.75, 3.05) is 13.2 Å². The van der Waals surface area contributed by atoms with E-state index < -0.39 is 0 Å². The molecule has 4 nitrogen and oxygen atoms in total. The van der Waals surface area contributed by atoms with Gasteiger partial charge in [-0.15, -0.1) is 0 Å². The second-order valence-electron chi connectivity index (χ2n) is 4.81. The van der Waals surface area contributed by atoms with E-state index in [9.17, 15) is 9.59 Å². The van der Waals surface area contributed by atoms with E-state index in [1.54, 1.807) is 6.92 Å². The lowest BCUT2D eigenvalue weighted by atomic mass is 10.1. The largest absolute Gasteiger partial charge is 0.465 e. The minimum Gasteiger partial charge on any atom is -0.465 e. The number of esters is 1. The van der Waals surface area contributed by atoms with Crippen LogP contribution in [0, 0.1) is 0 Å². The van der Waals surface area contributed by atoms with Crippen LogP contribution in [0.5, 0.6) is 0 Å². The van der Waals surface area contributed by atoms with Gasteiger partial charge >= 0.3 is 5.97 Å². The minimum atomic E-state index is -0.369. The van der Waals surface area contributed by atoms with E-state index in [4.69, 9.17) is 4.74 Å². The van der Waals surface area contributed by atoms with Crippen molar-refractivity contribution in [2.24, 2.45) is 0 Å². The van der Waals surface area contributed by atoms with Gasteiger partial charge in [0.05, 0.1) is 6.61 Å². The summed E-state index contributed by atoms with van der Waals surface area (Å²) in [5.74, 6) is -0.425. The van der Waals surface area contributed by atoms with E-state index in [0.29, 0.717) is 13.0 Å². The standard InChI is InChI=1S/C15H29NO3/c1-3-5-6-7-8-9-10-11-12-14(17)16-13-15(18)19-4-2/h3-13H2,1-2H3,(H,16,17). The molecule has 0 aromatic rings. The Bertz CT molecular complexity index is 242. The molecule has 0 atom stereocenters. The number of ether oxygens (including phenoxy) is 1. The number of rotatable bonds is 12. The maximum Gasteiger partial charge on any atom is 0.325 e. The van der Waals surface area contributed by atoms with Crippen LogP contribution >= 0.6 is 0 Å². The number of amides is 1. The summed E-state index contributed by atoms with van der Waals surface area (Å²) in [5.41, 5.74) is 0. The van der Waals surface area contributed by atoms with Gasteiger partial charge in [0.2, 0.25) is 5.91 Å². The second kappa shape index (κ2) is 13.4. The highest BCUT2D eigenvalue weighted by Gasteiger charge is 2.05. The fourth-order valence-electron chi connectivity index (χ4n) is 1.89. The Hall–Kier alpha value is -1.06. The van der Waals surface area contributed by atoms with E-state index in [-0.39, 0.29) is 18.4 Å². The Kier molecular flexibility index (Phi) is 12.6. The molecule has 19 heavy (non-hydrogen) atoms. The fraction of sp³-hybridized carbons (Fsp3) is 0.867. The molecule has 0 bridgehead atoms. The van der Waals surface area contributed by atoms with Crippen LogP contribution in [0.1, 0.15) is 71.6 Å². The average molecular weight is 271 g/mol. The molecule has 0 aliphatic heterocycles. The Morgan fingerprint density at radius 3 is 2.05 bits per heavy atom. The van der Waals surface area contributed by atoms with Crippen molar-refractivity contribution < 1.29 is 14.3 Å². The lowest BCUT2D eigenvalue weighted by Crippen LogP contribution is -2.30. The van der Waals surface area contributed by atoms with Crippen molar-refractivity contribution in [3.8, 4) is 0 Å². The van der Waals surface area contributed by atoms with Gasteiger partial charge in [-0.25, -0.2) is 0 Å². The van der Waals surface area contributed by atoms with Crippen LogP contribution in [0.4, 0.5) is 0 Å². The van der Waals surface area contributed by atoms with Gasteiger partial charge in [0.15, 0.2) is 0 Å². The predicted octanol–water partition coefficient (Wildman–Crippen LogP) is 3.20. The maximum atomic E-state index is 11.4. The van der Waals surface area contributed by atoms with Gasteiger partial charge in [-0.1, -0.05) is 51.9 Å². The first kappa shape index (κ1) is 17.9. The molecule has 0 heterocycles. The highest BCUT2D eigenvalue weighted by molar-refractivity contribution is 5.81. The van der Waals surface area contributed by atoms with E-state index in [1.807, 2.05) is 0 Å². The molecule has 0 saturated carbocycles. The zero-order chi connectivity index (χ0) is 14.3. The zero-order valence-electron chi connectivity index (χ0n) is 12.5. The highest BCUT2D eigenvalue weighted by Crippen LogP contribution is 2.09. The Labute approximate surface area is 117 Å². The molecule has 112 valence electrons. The third-order valence-electron chi connectivity index (χ3n) is 2.99. The van der Waals surface area contributed by atoms with Crippen LogP contribution in [-0.4, -0.2) is 25.0 Å². The normalized spacial score (nSPS) is 10.2. The molecule has 1 N–H and O–H groups in total. The van der Waals surface area contributed by atoms with Gasteiger partial charge in [-0.05, 0) is 13.3 Å². The fourth-order valence-corrected chi connectivity index (χ4v) is 1.89. The van der Waals surface area contributed by atoms with Gasteiger partial charge < -0.3 is 10.1 Å². The number of hydrogen-bond donors (Lipinski definition) is 1. The van der Waals surface area contributed by atoms with Crippen LogP contribution in [0.2, 0.25) is 0 Å². The van der Waals surface area contributed by atoms with Crippen LogP contribution < -0.4 is 5.32 Å². The first-order valence-electron chi connectivity index (χ1n) is 7.63. The van der Waals surface area contributed by atoms with Gasteiger partial charge in [-0.2, -0.15) is 0 Å². The molecule has 0 aromatic heterocycles. The Balaban J connectivity index is 3.27. The van der Waals surface area contributed by atoms with Crippen molar-refractivity contribution in [2.45, 2.75) is 71.6 Å². The van der Waals surface area contributed by atoms with Gasteiger partial charge in [0.1, 0.15) is 6.54 Å². The van der Waals surface area contributed by atoms with Gasteiger partial charge in [0, 0.05) is 6.42 Å². The second-order valence-corrected chi connectivity index (χ2v) is 4.81. The Morgan fingerprint density at radius 1 is 0.895 bits per heavy atom. The molecule has 0 unspecified atom stereocenters. The lowest BCUT2D eigenvalue weighted by Gasteiger charge is -2.05. The molecule has 0 aromatic carbocycles. The quantitative estimate of drug-likeness (QED) is 0.438. The third kappa shape index (κ3) is 13.2. The molecule has 0 aliphatic carbocycles. The molecule has 0 fully saturated rings. The number of carbonyl (C=O) groups excluding carboxylic acids is 2. The first-order valence-corrected chi connectivity index (χ1v) is 7.63. The first-order chi connectivity index (χ1) is 9.20. The molecular weight excluding hydrogens is 242 g/mol. The third-order valence-corrected chi connectivity index (χ3v) is 2.99. The van der Waals surface area contributed by atoms with E-state index in [0.717, 1.165) is 12.8 Å². The number of hydrogen-bond acceptors (Lipinski definition) is 3. The summed E-state index contributed by atoms with van der Waals surface area (Å²) in [4.78, 5) is 22.4. The number of unbranched alkanes of at least 4 members (excludes halogenated alkanes) is 7. The zero-order valence-corrected chi connectivity index (χ0v) is 12.5. The molecule has 0 spiro atoms. The molecule has 4 heteroatoms. The molecule has 0 aliphatic rings. The van der Waals surface area contributed by atoms with Crippen molar-refractivity contribution in [1.82, 2.24) is 5.32 Å². The SMILES string of the molecule is CCCCCCCCCCC(=O)NCC(=O)OCC. The summed E-state index contributed by atoms with van der Waals surface area (Å²) >= 11 is 0. The number of carbonyl (C=O) groups is 2. The van der Waals surface area contributed by atoms with Crippen molar-refractivity contribution in [3.63, 3.8) is 0 Å². The summed E-state index contributed by atoms with van der Waals surface area (Å²) < 4.78 is 4.73. The predicted molar refractivity (Wildman–Crippen MR) is 76.9 cm³/mol. The van der Waals surface area contributed by atoms with Crippen LogP contribution in [-0.2, 0) is 14.3 Å².